The number of hydrogen-bond donors (Lipinski definition) is 1. The van der Waals surface area contributed by atoms with Gasteiger partial charge in [0, 0.05) is 12.6 Å². The van der Waals surface area contributed by atoms with Gasteiger partial charge in [-0.25, -0.2) is 0 Å². The second-order valence-corrected chi connectivity index (χ2v) is 7.95. The Hall–Kier alpha value is -0.0800. The van der Waals surface area contributed by atoms with Gasteiger partial charge in [0.05, 0.1) is 6.61 Å². The van der Waals surface area contributed by atoms with E-state index in [2.05, 4.69) is 19.2 Å². The highest BCUT2D eigenvalue weighted by Gasteiger charge is 2.51. The van der Waals surface area contributed by atoms with Crippen molar-refractivity contribution in [3.05, 3.63) is 0 Å². The summed E-state index contributed by atoms with van der Waals surface area (Å²) in [7, 11) is 0. The number of nitrogens with one attached hydrogen (secondary N) is 1. The molecule has 0 amide bonds. The van der Waals surface area contributed by atoms with Crippen LogP contribution in [0.3, 0.4) is 0 Å². The molecule has 4 saturated carbocycles. The van der Waals surface area contributed by atoms with Crippen LogP contribution in [-0.2, 0) is 4.74 Å². The summed E-state index contributed by atoms with van der Waals surface area (Å²) in [6.07, 6.45) is 11.7. The predicted octanol–water partition coefficient (Wildman–Crippen LogP) is 4.00. The average molecular weight is 279 g/mol. The second-order valence-electron chi connectivity index (χ2n) is 7.95. The molecule has 1 N–H and O–H groups in total. The van der Waals surface area contributed by atoms with Crippen LogP contribution in [0.4, 0.5) is 0 Å². The smallest absolute Gasteiger partial charge is 0.0619 e. The van der Waals surface area contributed by atoms with E-state index in [0.717, 1.165) is 43.9 Å². The van der Waals surface area contributed by atoms with E-state index in [9.17, 15) is 0 Å². The summed E-state index contributed by atoms with van der Waals surface area (Å²) in [5.74, 6) is 3.21. The fourth-order valence-electron chi connectivity index (χ4n) is 5.91. The van der Waals surface area contributed by atoms with Crippen molar-refractivity contribution in [1.82, 2.24) is 5.32 Å². The minimum Gasteiger partial charge on any atom is -0.380 e. The van der Waals surface area contributed by atoms with E-state index in [0.29, 0.717) is 11.5 Å². The van der Waals surface area contributed by atoms with E-state index < -0.39 is 0 Å². The predicted molar refractivity (Wildman–Crippen MR) is 83.8 cm³/mol. The molecule has 2 heteroatoms. The van der Waals surface area contributed by atoms with Gasteiger partial charge >= 0.3 is 0 Å². The molecule has 0 heterocycles. The van der Waals surface area contributed by atoms with Gasteiger partial charge in [-0.2, -0.15) is 0 Å². The van der Waals surface area contributed by atoms with Gasteiger partial charge in [0.1, 0.15) is 0 Å². The highest BCUT2D eigenvalue weighted by Crippen LogP contribution is 2.61. The van der Waals surface area contributed by atoms with Gasteiger partial charge in [0.2, 0.25) is 0 Å². The van der Waals surface area contributed by atoms with E-state index in [4.69, 9.17) is 4.74 Å². The maximum absolute atomic E-state index is 5.85. The van der Waals surface area contributed by atoms with Crippen LogP contribution in [0.2, 0.25) is 0 Å². The van der Waals surface area contributed by atoms with Crippen molar-refractivity contribution >= 4 is 0 Å². The number of hydrogen-bond acceptors (Lipinski definition) is 2. The summed E-state index contributed by atoms with van der Waals surface area (Å²) in [5.41, 5.74) is 0.678. The summed E-state index contributed by atoms with van der Waals surface area (Å²) in [4.78, 5) is 0. The first-order chi connectivity index (χ1) is 9.73. The van der Waals surface area contributed by atoms with Crippen molar-refractivity contribution in [3.63, 3.8) is 0 Å². The lowest BCUT2D eigenvalue weighted by Gasteiger charge is -2.57. The lowest BCUT2D eigenvalue weighted by Crippen LogP contribution is -2.49. The molecule has 4 rings (SSSR count). The SMILES string of the molecule is CCCOCC(CC12CC3CC(CC(C3)C1)C2)NCC. The molecule has 0 spiro atoms. The third kappa shape index (κ3) is 3.22. The molecule has 0 radical (unpaired) electrons. The zero-order chi connectivity index (χ0) is 14.0. The zero-order valence-electron chi connectivity index (χ0n) is 13.5. The quantitative estimate of drug-likeness (QED) is 0.678. The molecule has 0 aliphatic heterocycles. The van der Waals surface area contributed by atoms with Crippen LogP contribution in [0.25, 0.3) is 0 Å². The molecule has 4 aliphatic rings. The van der Waals surface area contributed by atoms with Crippen molar-refractivity contribution in [2.75, 3.05) is 19.8 Å². The highest BCUT2D eigenvalue weighted by atomic mass is 16.5. The molecule has 1 unspecified atom stereocenters. The van der Waals surface area contributed by atoms with Crippen LogP contribution < -0.4 is 5.32 Å². The molecule has 116 valence electrons. The van der Waals surface area contributed by atoms with Crippen LogP contribution in [0.1, 0.15) is 65.2 Å². The Morgan fingerprint density at radius 1 is 1.05 bits per heavy atom. The Bertz CT molecular complexity index is 279. The van der Waals surface area contributed by atoms with Crippen molar-refractivity contribution in [2.24, 2.45) is 23.2 Å². The van der Waals surface area contributed by atoms with Gasteiger partial charge in [-0.05, 0) is 81.1 Å². The Kier molecular flexibility index (Phi) is 4.72. The third-order valence-corrected chi connectivity index (χ3v) is 6.00. The Labute approximate surface area is 125 Å². The highest BCUT2D eigenvalue weighted by molar-refractivity contribution is 5.02. The molecule has 4 aliphatic carbocycles. The maximum atomic E-state index is 5.85. The number of rotatable bonds is 8. The van der Waals surface area contributed by atoms with Crippen LogP contribution in [-0.4, -0.2) is 25.8 Å². The fourth-order valence-corrected chi connectivity index (χ4v) is 5.91. The number of ether oxygens (including phenoxy) is 1. The van der Waals surface area contributed by atoms with Gasteiger partial charge in [-0.1, -0.05) is 13.8 Å². The third-order valence-electron chi connectivity index (χ3n) is 6.00. The molecule has 20 heavy (non-hydrogen) atoms. The lowest BCUT2D eigenvalue weighted by atomic mass is 9.48. The van der Waals surface area contributed by atoms with E-state index >= 15 is 0 Å². The average Bonchev–Trinajstić information content (AvgIpc) is 2.37. The molecular weight excluding hydrogens is 246 g/mol. The summed E-state index contributed by atoms with van der Waals surface area (Å²) in [5, 5.41) is 3.69. The second kappa shape index (κ2) is 6.36. The minimum absolute atomic E-state index is 0.586. The van der Waals surface area contributed by atoms with E-state index in [-0.39, 0.29) is 0 Å². The van der Waals surface area contributed by atoms with Crippen molar-refractivity contribution in [1.29, 1.82) is 0 Å². The number of likely N-dealkylation sites (N-methyl/N-ethyl adjacent to an activating group) is 1. The molecule has 0 aromatic heterocycles. The van der Waals surface area contributed by atoms with Gasteiger partial charge < -0.3 is 10.1 Å². The van der Waals surface area contributed by atoms with Crippen LogP contribution in [0.5, 0.6) is 0 Å². The van der Waals surface area contributed by atoms with Crippen molar-refractivity contribution < 1.29 is 4.74 Å². The largest absolute Gasteiger partial charge is 0.380 e. The van der Waals surface area contributed by atoms with E-state index in [1.807, 2.05) is 0 Å². The Morgan fingerprint density at radius 2 is 1.65 bits per heavy atom. The molecule has 4 bridgehead atoms. The maximum Gasteiger partial charge on any atom is 0.0619 e. The first-order valence-electron chi connectivity index (χ1n) is 9.04. The van der Waals surface area contributed by atoms with Gasteiger partial charge in [-0.15, -0.1) is 0 Å². The standard InChI is InChI=1S/C18H33NO/c1-3-5-20-13-17(19-4-2)12-18-9-14-6-15(10-18)8-16(7-14)11-18/h14-17,19H,3-13H2,1-2H3. The normalized spacial score (nSPS) is 40.2. The monoisotopic (exact) mass is 279 g/mol. The summed E-state index contributed by atoms with van der Waals surface area (Å²) >= 11 is 0. The summed E-state index contributed by atoms with van der Waals surface area (Å²) < 4.78 is 5.85. The summed E-state index contributed by atoms with van der Waals surface area (Å²) in [6, 6.07) is 0.586. The van der Waals surface area contributed by atoms with E-state index in [1.165, 1.54) is 25.7 Å². The topological polar surface area (TPSA) is 21.3 Å². The lowest BCUT2D eigenvalue weighted by molar-refractivity contribution is -0.0663. The molecule has 4 fully saturated rings. The van der Waals surface area contributed by atoms with Crippen molar-refractivity contribution in [2.45, 2.75) is 71.3 Å². The fraction of sp³-hybridized carbons (Fsp3) is 1.00. The molecule has 0 aromatic carbocycles. The molecule has 0 saturated heterocycles. The molecular formula is C18H33NO. The summed E-state index contributed by atoms with van der Waals surface area (Å²) in [6.45, 7) is 7.34. The minimum atomic E-state index is 0.586. The Morgan fingerprint density at radius 3 is 2.15 bits per heavy atom. The zero-order valence-corrected chi connectivity index (χ0v) is 13.5. The van der Waals surface area contributed by atoms with Crippen LogP contribution >= 0.6 is 0 Å². The van der Waals surface area contributed by atoms with Crippen molar-refractivity contribution in [3.8, 4) is 0 Å². The Balaban J connectivity index is 1.59. The van der Waals surface area contributed by atoms with Gasteiger partial charge in [0.15, 0.2) is 0 Å². The van der Waals surface area contributed by atoms with Crippen LogP contribution in [0, 0.1) is 23.2 Å². The first-order valence-corrected chi connectivity index (χ1v) is 9.04. The van der Waals surface area contributed by atoms with Gasteiger partial charge in [0.25, 0.3) is 0 Å². The van der Waals surface area contributed by atoms with Gasteiger partial charge in [-0.3, -0.25) is 0 Å². The molecule has 2 nitrogen and oxygen atoms in total. The molecule has 0 aromatic rings. The molecule has 1 atom stereocenters. The van der Waals surface area contributed by atoms with Crippen LogP contribution in [0.15, 0.2) is 0 Å². The first kappa shape index (κ1) is 14.8. The van der Waals surface area contributed by atoms with E-state index in [1.54, 1.807) is 19.3 Å².